The highest BCUT2D eigenvalue weighted by molar-refractivity contribution is 9.10. The van der Waals surface area contributed by atoms with E-state index in [1.807, 2.05) is 24.3 Å². The second-order valence-corrected chi connectivity index (χ2v) is 3.77. The van der Waals surface area contributed by atoms with Gasteiger partial charge in [-0.25, -0.2) is 0 Å². The molecule has 0 aromatic heterocycles. The third-order valence-electron chi connectivity index (χ3n) is 1.48. The van der Waals surface area contributed by atoms with Crippen molar-refractivity contribution in [3.8, 4) is 0 Å². The van der Waals surface area contributed by atoms with Crippen LogP contribution in [0.1, 0.15) is 6.42 Å². The summed E-state index contributed by atoms with van der Waals surface area (Å²) in [6.45, 7) is 0.936. The fourth-order valence-electron chi connectivity index (χ4n) is 0.867. The lowest BCUT2D eigenvalue weighted by Crippen LogP contribution is -2.01. The van der Waals surface area contributed by atoms with Crippen LogP contribution >= 0.6 is 27.5 Å². The van der Waals surface area contributed by atoms with Crippen molar-refractivity contribution in [3.63, 3.8) is 0 Å². The molecule has 0 atom stereocenters. The van der Waals surface area contributed by atoms with Crippen LogP contribution in [0.4, 0.5) is 5.69 Å². The molecule has 0 saturated heterocycles. The molecule has 1 nitrogen and oxygen atoms in total. The highest BCUT2D eigenvalue weighted by Crippen LogP contribution is 2.13. The zero-order chi connectivity index (χ0) is 8.81. The molecule has 1 aromatic rings. The van der Waals surface area contributed by atoms with E-state index in [2.05, 4.69) is 21.2 Å². The van der Waals surface area contributed by atoms with Gasteiger partial charge in [-0.05, 0) is 30.7 Å². The SMILES string of the molecule is ClCCCNc1ccc(Br)cc1. The van der Waals surface area contributed by atoms with Crippen molar-refractivity contribution >= 4 is 33.2 Å². The summed E-state index contributed by atoms with van der Waals surface area (Å²) in [4.78, 5) is 0. The van der Waals surface area contributed by atoms with Crippen LogP contribution in [-0.4, -0.2) is 12.4 Å². The molecule has 0 spiro atoms. The predicted octanol–water partition coefficient (Wildman–Crippen LogP) is 3.49. The summed E-state index contributed by atoms with van der Waals surface area (Å²) in [7, 11) is 0. The molecule has 1 aromatic carbocycles. The van der Waals surface area contributed by atoms with Crippen LogP contribution in [0.25, 0.3) is 0 Å². The van der Waals surface area contributed by atoms with Crippen molar-refractivity contribution in [2.45, 2.75) is 6.42 Å². The van der Waals surface area contributed by atoms with Gasteiger partial charge in [0.2, 0.25) is 0 Å². The molecule has 0 aliphatic carbocycles. The predicted molar refractivity (Wildman–Crippen MR) is 58.0 cm³/mol. The second kappa shape index (κ2) is 5.44. The quantitative estimate of drug-likeness (QED) is 0.635. The van der Waals surface area contributed by atoms with Gasteiger partial charge in [0.25, 0.3) is 0 Å². The first kappa shape index (κ1) is 9.87. The topological polar surface area (TPSA) is 12.0 Å². The largest absolute Gasteiger partial charge is 0.385 e. The molecule has 0 unspecified atom stereocenters. The molecule has 1 rings (SSSR count). The van der Waals surface area contributed by atoms with Gasteiger partial charge in [-0.2, -0.15) is 0 Å². The minimum atomic E-state index is 0.712. The standard InChI is InChI=1S/C9H11BrClN/c10-8-2-4-9(5-3-8)12-7-1-6-11/h2-5,12H,1,6-7H2. The molecule has 0 heterocycles. The summed E-state index contributed by atoms with van der Waals surface area (Å²) in [6.07, 6.45) is 0.998. The fourth-order valence-corrected chi connectivity index (χ4v) is 1.27. The van der Waals surface area contributed by atoms with Crippen LogP contribution in [0.15, 0.2) is 28.7 Å². The highest BCUT2D eigenvalue weighted by atomic mass is 79.9. The smallest absolute Gasteiger partial charge is 0.0340 e. The summed E-state index contributed by atoms with van der Waals surface area (Å²) >= 11 is 8.92. The Balaban J connectivity index is 2.37. The molecular formula is C9H11BrClN. The third-order valence-corrected chi connectivity index (χ3v) is 2.28. The molecule has 0 amide bonds. The van der Waals surface area contributed by atoms with Crippen molar-refractivity contribution in [2.75, 3.05) is 17.7 Å². The Hall–Kier alpha value is -0.210. The molecule has 0 saturated carbocycles. The van der Waals surface area contributed by atoms with Crippen molar-refractivity contribution < 1.29 is 0 Å². The van der Waals surface area contributed by atoms with E-state index in [1.54, 1.807) is 0 Å². The molecule has 66 valence electrons. The first-order valence-electron chi connectivity index (χ1n) is 3.88. The maximum Gasteiger partial charge on any atom is 0.0340 e. The number of nitrogens with one attached hydrogen (secondary N) is 1. The number of anilines is 1. The summed E-state index contributed by atoms with van der Waals surface area (Å²) in [5.41, 5.74) is 1.14. The number of rotatable bonds is 4. The van der Waals surface area contributed by atoms with Crippen LogP contribution in [0.3, 0.4) is 0 Å². The normalized spacial score (nSPS) is 9.83. The Morgan fingerprint density at radius 1 is 1.25 bits per heavy atom. The second-order valence-electron chi connectivity index (χ2n) is 2.48. The van der Waals surface area contributed by atoms with Crippen LogP contribution in [0.2, 0.25) is 0 Å². The minimum absolute atomic E-state index is 0.712. The van der Waals surface area contributed by atoms with E-state index in [4.69, 9.17) is 11.6 Å². The van der Waals surface area contributed by atoms with Crippen LogP contribution < -0.4 is 5.32 Å². The van der Waals surface area contributed by atoms with E-state index < -0.39 is 0 Å². The van der Waals surface area contributed by atoms with Gasteiger partial charge in [0.05, 0.1) is 0 Å². The first-order chi connectivity index (χ1) is 5.83. The van der Waals surface area contributed by atoms with E-state index in [-0.39, 0.29) is 0 Å². The number of hydrogen-bond donors (Lipinski definition) is 1. The fraction of sp³-hybridized carbons (Fsp3) is 0.333. The minimum Gasteiger partial charge on any atom is -0.385 e. The number of benzene rings is 1. The Bertz CT molecular complexity index is 222. The molecule has 0 bridgehead atoms. The zero-order valence-corrected chi connectivity index (χ0v) is 9.03. The summed E-state index contributed by atoms with van der Waals surface area (Å²) in [6, 6.07) is 8.11. The van der Waals surface area contributed by atoms with E-state index >= 15 is 0 Å². The maximum absolute atomic E-state index is 5.55. The highest BCUT2D eigenvalue weighted by Gasteiger charge is 1.90. The van der Waals surface area contributed by atoms with Gasteiger partial charge in [0.15, 0.2) is 0 Å². The number of hydrogen-bond acceptors (Lipinski definition) is 1. The van der Waals surface area contributed by atoms with Crippen molar-refractivity contribution in [1.29, 1.82) is 0 Å². The summed E-state index contributed by atoms with van der Waals surface area (Å²) in [5.74, 6) is 0.712. The molecule has 1 N–H and O–H groups in total. The Labute approximate surface area is 86.2 Å². The lowest BCUT2D eigenvalue weighted by molar-refractivity contribution is 0.987. The molecule has 3 heteroatoms. The maximum atomic E-state index is 5.55. The third kappa shape index (κ3) is 3.46. The van der Waals surface area contributed by atoms with Gasteiger partial charge < -0.3 is 5.32 Å². The van der Waals surface area contributed by atoms with Gasteiger partial charge in [-0.15, -0.1) is 11.6 Å². The Morgan fingerprint density at radius 2 is 1.92 bits per heavy atom. The molecular weight excluding hydrogens is 237 g/mol. The lowest BCUT2D eigenvalue weighted by Gasteiger charge is -2.03. The molecule has 0 aliphatic rings. The van der Waals surface area contributed by atoms with E-state index in [9.17, 15) is 0 Å². The van der Waals surface area contributed by atoms with Crippen molar-refractivity contribution in [3.05, 3.63) is 28.7 Å². The molecule has 12 heavy (non-hydrogen) atoms. The Morgan fingerprint density at radius 3 is 2.50 bits per heavy atom. The van der Waals surface area contributed by atoms with Crippen LogP contribution in [0, 0.1) is 0 Å². The van der Waals surface area contributed by atoms with E-state index in [0.717, 1.165) is 23.1 Å². The van der Waals surface area contributed by atoms with E-state index in [0.29, 0.717) is 5.88 Å². The summed E-state index contributed by atoms with van der Waals surface area (Å²) in [5, 5.41) is 3.27. The number of alkyl halides is 1. The molecule has 0 aliphatic heterocycles. The van der Waals surface area contributed by atoms with Crippen molar-refractivity contribution in [2.24, 2.45) is 0 Å². The average Bonchev–Trinajstić information content (AvgIpc) is 2.09. The molecule has 0 radical (unpaired) electrons. The van der Waals surface area contributed by atoms with Gasteiger partial charge in [0.1, 0.15) is 0 Å². The summed E-state index contributed by atoms with van der Waals surface area (Å²) < 4.78 is 1.10. The van der Waals surface area contributed by atoms with Crippen LogP contribution in [-0.2, 0) is 0 Å². The lowest BCUT2D eigenvalue weighted by atomic mass is 10.3. The zero-order valence-electron chi connectivity index (χ0n) is 6.69. The van der Waals surface area contributed by atoms with Gasteiger partial charge in [0, 0.05) is 22.6 Å². The Kier molecular flexibility index (Phi) is 4.48. The van der Waals surface area contributed by atoms with Gasteiger partial charge >= 0.3 is 0 Å². The average molecular weight is 249 g/mol. The van der Waals surface area contributed by atoms with Gasteiger partial charge in [-0.3, -0.25) is 0 Å². The molecule has 0 fully saturated rings. The van der Waals surface area contributed by atoms with Gasteiger partial charge in [-0.1, -0.05) is 15.9 Å². The van der Waals surface area contributed by atoms with Crippen molar-refractivity contribution in [1.82, 2.24) is 0 Å². The monoisotopic (exact) mass is 247 g/mol. The van der Waals surface area contributed by atoms with E-state index in [1.165, 1.54) is 0 Å². The van der Waals surface area contributed by atoms with Crippen LogP contribution in [0.5, 0.6) is 0 Å². The first-order valence-corrected chi connectivity index (χ1v) is 5.21. The number of halogens is 2.